The average Bonchev–Trinajstić information content (AvgIpc) is 3.12. The Morgan fingerprint density at radius 3 is 2.70 bits per heavy atom. The first-order chi connectivity index (χ1) is 11.2. The van der Waals surface area contributed by atoms with E-state index in [2.05, 4.69) is 37.9 Å². The first-order valence-electron chi connectivity index (χ1n) is 7.50. The van der Waals surface area contributed by atoms with Gasteiger partial charge < -0.3 is 9.09 Å². The molecule has 0 unspecified atom stereocenters. The summed E-state index contributed by atoms with van der Waals surface area (Å²) in [5.41, 5.74) is 5.83. The van der Waals surface area contributed by atoms with E-state index < -0.39 is 0 Å². The summed E-state index contributed by atoms with van der Waals surface area (Å²) in [7, 11) is 0. The van der Waals surface area contributed by atoms with Crippen LogP contribution < -0.4 is 0 Å². The molecule has 114 valence electrons. The highest BCUT2D eigenvalue weighted by atomic mass is 16.5. The number of rotatable bonds is 3. The van der Waals surface area contributed by atoms with Crippen LogP contribution in [0.2, 0.25) is 0 Å². The third kappa shape index (κ3) is 2.40. The van der Waals surface area contributed by atoms with E-state index in [-0.39, 0.29) is 0 Å². The fourth-order valence-corrected chi connectivity index (χ4v) is 2.80. The van der Waals surface area contributed by atoms with E-state index >= 15 is 0 Å². The normalized spacial score (nSPS) is 11.2. The Morgan fingerprint density at radius 2 is 1.96 bits per heavy atom. The maximum absolute atomic E-state index is 5.04. The molecule has 3 heterocycles. The number of nitrogens with zero attached hydrogens (tertiary/aromatic N) is 4. The van der Waals surface area contributed by atoms with E-state index in [1.807, 2.05) is 38.2 Å². The van der Waals surface area contributed by atoms with Gasteiger partial charge in [-0.2, -0.15) is 0 Å². The van der Waals surface area contributed by atoms with E-state index in [1.165, 1.54) is 5.56 Å². The molecule has 0 saturated carbocycles. The molecule has 0 amide bonds. The second-order valence-electron chi connectivity index (χ2n) is 5.61. The molecule has 1 aromatic carbocycles. The summed E-state index contributed by atoms with van der Waals surface area (Å²) >= 11 is 0. The van der Waals surface area contributed by atoms with Crippen molar-refractivity contribution in [1.82, 2.24) is 19.7 Å². The lowest BCUT2D eigenvalue weighted by Gasteiger charge is -2.07. The number of aryl methyl sites for hydroxylation is 2. The Bertz CT molecular complexity index is 969. The number of hydrogen-bond donors (Lipinski definition) is 0. The number of aromatic nitrogens is 4. The van der Waals surface area contributed by atoms with Crippen molar-refractivity contribution in [3.05, 3.63) is 65.9 Å². The minimum Gasteiger partial charge on any atom is -0.364 e. The molecule has 0 bridgehead atoms. The molecule has 0 aliphatic rings. The summed E-state index contributed by atoms with van der Waals surface area (Å²) < 4.78 is 7.23. The lowest BCUT2D eigenvalue weighted by Crippen LogP contribution is -2.01. The molecule has 0 fully saturated rings. The zero-order valence-corrected chi connectivity index (χ0v) is 13.0. The highest BCUT2D eigenvalue weighted by molar-refractivity contribution is 5.79. The van der Waals surface area contributed by atoms with Gasteiger partial charge in [-0.3, -0.25) is 0 Å². The summed E-state index contributed by atoms with van der Waals surface area (Å²) in [6, 6.07) is 12.5. The zero-order chi connectivity index (χ0) is 15.8. The van der Waals surface area contributed by atoms with Gasteiger partial charge in [0.05, 0.1) is 11.2 Å². The predicted octanol–water partition coefficient (Wildman–Crippen LogP) is 3.75. The molecule has 3 aromatic heterocycles. The molecule has 23 heavy (non-hydrogen) atoms. The molecule has 4 rings (SSSR count). The van der Waals surface area contributed by atoms with Crippen LogP contribution in [0.15, 0.2) is 53.4 Å². The quantitative estimate of drug-likeness (QED) is 0.578. The molecule has 4 aromatic rings. The largest absolute Gasteiger partial charge is 0.364 e. The van der Waals surface area contributed by atoms with Gasteiger partial charge in [0.2, 0.25) is 0 Å². The molecular formula is C18H16N4O. The smallest absolute Gasteiger partial charge is 0.177 e. The van der Waals surface area contributed by atoms with Crippen molar-refractivity contribution in [2.24, 2.45) is 0 Å². The van der Waals surface area contributed by atoms with Gasteiger partial charge in [-0.05, 0) is 25.5 Å². The topological polar surface area (TPSA) is 56.7 Å². The second kappa shape index (κ2) is 5.35. The van der Waals surface area contributed by atoms with Crippen LogP contribution >= 0.6 is 0 Å². The lowest BCUT2D eigenvalue weighted by molar-refractivity contribution is 0.415. The average molecular weight is 304 g/mol. The van der Waals surface area contributed by atoms with Crippen molar-refractivity contribution in [3.8, 4) is 11.1 Å². The van der Waals surface area contributed by atoms with Crippen molar-refractivity contribution in [3.63, 3.8) is 0 Å². The molecule has 0 radical (unpaired) electrons. The van der Waals surface area contributed by atoms with Gasteiger partial charge in [-0.15, -0.1) is 0 Å². The van der Waals surface area contributed by atoms with Crippen LogP contribution in [0, 0.1) is 13.8 Å². The van der Waals surface area contributed by atoms with E-state index in [0.29, 0.717) is 0 Å². The number of hydrogen-bond acceptors (Lipinski definition) is 4. The number of fused-ring (bicyclic) bond motifs is 1. The maximum Gasteiger partial charge on any atom is 0.177 e. The predicted molar refractivity (Wildman–Crippen MR) is 88.0 cm³/mol. The molecule has 0 aliphatic heterocycles. The van der Waals surface area contributed by atoms with E-state index in [0.717, 1.165) is 40.4 Å². The summed E-state index contributed by atoms with van der Waals surface area (Å²) in [5, 5.41) is 3.94. The first kappa shape index (κ1) is 13.7. The Kier molecular flexibility index (Phi) is 3.19. The van der Waals surface area contributed by atoms with Crippen molar-refractivity contribution < 1.29 is 4.52 Å². The van der Waals surface area contributed by atoms with Crippen LogP contribution in [-0.4, -0.2) is 19.7 Å². The highest BCUT2D eigenvalue weighted by Gasteiger charge is 2.13. The Labute approximate surface area is 133 Å². The molecule has 0 spiro atoms. The molecule has 0 aliphatic carbocycles. The molecular weight excluding hydrogens is 288 g/mol. The Hall–Kier alpha value is -2.95. The third-order valence-corrected chi connectivity index (χ3v) is 4.04. The van der Waals surface area contributed by atoms with Crippen LogP contribution in [0.25, 0.3) is 22.3 Å². The minimum atomic E-state index is 0.760. The van der Waals surface area contributed by atoms with Crippen molar-refractivity contribution in [1.29, 1.82) is 0 Å². The van der Waals surface area contributed by atoms with E-state index in [9.17, 15) is 0 Å². The van der Waals surface area contributed by atoms with Crippen LogP contribution in [0.5, 0.6) is 0 Å². The van der Waals surface area contributed by atoms with Gasteiger partial charge in [0, 0.05) is 23.9 Å². The summed E-state index contributed by atoms with van der Waals surface area (Å²) in [6.45, 7) is 4.71. The number of imidazole rings is 1. The summed E-state index contributed by atoms with van der Waals surface area (Å²) in [6.07, 6.45) is 3.48. The lowest BCUT2D eigenvalue weighted by atomic mass is 10.1. The molecule has 0 N–H and O–H groups in total. The fourth-order valence-electron chi connectivity index (χ4n) is 2.80. The Morgan fingerprint density at radius 1 is 1.13 bits per heavy atom. The van der Waals surface area contributed by atoms with Gasteiger partial charge >= 0.3 is 0 Å². The third-order valence-electron chi connectivity index (χ3n) is 4.04. The van der Waals surface area contributed by atoms with Crippen molar-refractivity contribution in [2.45, 2.75) is 20.4 Å². The number of pyridine rings is 1. The van der Waals surface area contributed by atoms with E-state index in [4.69, 9.17) is 4.52 Å². The molecule has 0 atom stereocenters. The molecule has 5 nitrogen and oxygen atoms in total. The highest BCUT2D eigenvalue weighted by Crippen LogP contribution is 2.26. The SMILES string of the molecule is Cc1nocc1-c1cnc2nc(C)n(Cc3ccccc3)c2c1. The van der Waals surface area contributed by atoms with Gasteiger partial charge in [0.15, 0.2) is 5.65 Å². The van der Waals surface area contributed by atoms with Crippen molar-refractivity contribution in [2.75, 3.05) is 0 Å². The van der Waals surface area contributed by atoms with Crippen LogP contribution in [0.4, 0.5) is 0 Å². The zero-order valence-electron chi connectivity index (χ0n) is 13.0. The van der Waals surface area contributed by atoms with Crippen LogP contribution in [0.1, 0.15) is 17.1 Å². The van der Waals surface area contributed by atoms with Gasteiger partial charge in [-0.1, -0.05) is 35.5 Å². The second-order valence-corrected chi connectivity index (χ2v) is 5.61. The standard InChI is InChI=1S/C18H16N4O/c1-12-16(11-23-21-12)15-8-17-18(19-9-15)20-13(2)22(17)10-14-6-4-3-5-7-14/h3-9,11H,10H2,1-2H3. The monoisotopic (exact) mass is 304 g/mol. The first-order valence-corrected chi connectivity index (χ1v) is 7.50. The van der Waals surface area contributed by atoms with Crippen LogP contribution in [0.3, 0.4) is 0 Å². The van der Waals surface area contributed by atoms with Gasteiger partial charge in [-0.25, -0.2) is 9.97 Å². The summed E-state index contributed by atoms with van der Waals surface area (Å²) in [4.78, 5) is 9.07. The fraction of sp³-hybridized carbons (Fsp3) is 0.167. The maximum atomic E-state index is 5.04. The summed E-state index contributed by atoms with van der Waals surface area (Å²) in [5.74, 6) is 0.954. The molecule has 0 saturated heterocycles. The number of benzene rings is 1. The van der Waals surface area contributed by atoms with E-state index in [1.54, 1.807) is 6.26 Å². The van der Waals surface area contributed by atoms with Gasteiger partial charge in [0.25, 0.3) is 0 Å². The molecule has 5 heteroatoms. The van der Waals surface area contributed by atoms with Crippen LogP contribution in [-0.2, 0) is 6.54 Å². The van der Waals surface area contributed by atoms with Crippen molar-refractivity contribution >= 4 is 11.2 Å². The minimum absolute atomic E-state index is 0.760. The van der Waals surface area contributed by atoms with Gasteiger partial charge in [0.1, 0.15) is 12.1 Å². The Balaban J connectivity index is 1.84.